The van der Waals surface area contributed by atoms with E-state index in [0.29, 0.717) is 4.47 Å². The molecule has 20 heavy (non-hydrogen) atoms. The fourth-order valence-electron chi connectivity index (χ4n) is 2.83. The maximum atomic E-state index is 14.4. The van der Waals surface area contributed by atoms with E-state index < -0.39 is 0 Å². The Hall–Kier alpha value is -0.450. The molecule has 4 heteroatoms. The topological polar surface area (TPSA) is 21.3 Å². The summed E-state index contributed by atoms with van der Waals surface area (Å²) in [5.74, 6) is -0.160. The summed E-state index contributed by atoms with van der Waals surface area (Å²) in [5, 5.41) is 3.47. The molecule has 0 radical (unpaired) electrons. The van der Waals surface area contributed by atoms with Crippen LogP contribution in [0.4, 0.5) is 4.39 Å². The zero-order valence-corrected chi connectivity index (χ0v) is 13.8. The molecule has 1 atom stereocenters. The van der Waals surface area contributed by atoms with Gasteiger partial charge in [-0.15, -0.1) is 0 Å². The molecule has 0 aromatic heterocycles. The van der Waals surface area contributed by atoms with Gasteiger partial charge in [0, 0.05) is 18.7 Å². The first-order chi connectivity index (χ1) is 9.62. The van der Waals surface area contributed by atoms with E-state index >= 15 is 0 Å². The van der Waals surface area contributed by atoms with Gasteiger partial charge in [0.15, 0.2) is 0 Å². The average molecular weight is 344 g/mol. The Bertz CT molecular complexity index is 443. The molecular weight excluding hydrogens is 321 g/mol. The summed E-state index contributed by atoms with van der Waals surface area (Å²) in [6, 6.07) is 5.51. The third-order valence-corrected chi connectivity index (χ3v) is 4.88. The molecule has 1 N–H and O–H groups in total. The summed E-state index contributed by atoms with van der Waals surface area (Å²) >= 11 is 3.28. The zero-order valence-electron chi connectivity index (χ0n) is 12.2. The first-order valence-corrected chi connectivity index (χ1v) is 8.13. The highest BCUT2D eigenvalue weighted by molar-refractivity contribution is 9.10. The highest BCUT2D eigenvalue weighted by atomic mass is 79.9. The Labute approximate surface area is 129 Å². The van der Waals surface area contributed by atoms with Gasteiger partial charge in [0.05, 0.1) is 10.1 Å². The summed E-state index contributed by atoms with van der Waals surface area (Å²) in [7, 11) is 1.77. The van der Waals surface area contributed by atoms with Crippen LogP contribution in [-0.4, -0.2) is 19.3 Å². The van der Waals surface area contributed by atoms with Crippen molar-refractivity contribution in [3.05, 3.63) is 34.1 Å². The molecule has 2 rings (SSSR count). The molecule has 1 aliphatic carbocycles. The van der Waals surface area contributed by atoms with Gasteiger partial charge in [0.1, 0.15) is 5.82 Å². The Kier molecular flexibility index (Phi) is 5.58. The summed E-state index contributed by atoms with van der Waals surface area (Å²) in [5.41, 5.74) is 0.663. The molecular formula is C16H23BrFNO. The molecule has 0 heterocycles. The SMILES string of the molecule is CCCNC(CC1(OC)CCC1)c1cccc(Br)c1F. The maximum absolute atomic E-state index is 14.4. The van der Waals surface area contributed by atoms with Crippen LogP contribution in [0.5, 0.6) is 0 Å². The van der Waals surface area contributed by atoms with E-state index in [1.165, 1.54) is 6.42 Å². The summed E-state index contributed by atoms with van der Waals surface area (Å²) in [6.07, 6.45) is 5.21. The second-order valence-corrected chi connectivity index (χ2v) is 6.45. The van der Waals surface area contributed by atoms with Crippen LogP contribution in [0.15, 0.2) is 22.7 Å². The highest BCUT2D eigenvalue weighted by Crippen LogP contribution is 2.42. The Morgan fingerprint density at radius 1 is 1.45 bits per heavy atom. The van der Waals surface area contributed by atoms with Crippen LogP contribution < -0.4 is 5.32 Å². The Balaban J connectivity index is 2.20. The Morgan fingerprint density at radius 3 is 2.75 bits per heavy atom. The molecule has 1 aromatic rings. The Morgan fingerprint density at radius 2 is 2.20 bits per heavy atom. The van der Waals surface area contributed by atoms with Gasteiger partial charge >= 0.3 is 0 Å². The minimum Gasteiger partial charge on any atom is -0.378 e. The fraction of sp³-hybridized carbons (Fsp3) is 0.625. The van der Waals surface area contributed by atoms with Crippen LogP contribution in [0.25, 0.3) is 0 Å². The van der Waals surface area contributed by atoms with Gasteiger partial charge in [-0.2, -0.15) is 0 Å². The molecule has 0 bridgehead atoms. The lowest BCUT2D eigenvalue weighted by Crippen LogP contribution is -2.43. The van der Waals surface area contributed by atoms with Gasteiger partial charge in [-0.1, -0.05) is 19.1 Å². The van der Waals surface area contributed by atoms with Gasteiger partial charge in [0.25, 0.3) is 0 Å². The van der Waals surface area contributed by atoms with Crippen LogP contribution in [0.1, 0.15) is 50.6 Å². The van der Waals surface area contributed by atoms with E-state index in [2.05, 4.69) is 28.2 Å². The van der Waals surface area contributed by atoms with E-state index in [1.54, 1.807) is 13.2 Å². The summed E-state index contributed by atoms with van der Waals surface area (Å²) in [4.78, 5) is 0. The number of hydrogen-bond acceptors (Lipinski definition) is 2. The van der Waals surface area contributed by atoms with Crippen molar-refractivity contribution in [2.45, 2.75) is 50.7 Å². The van der Waals surface area contributed by atoms with Crippen molar-refractivity contribution in [2.75, 3.05) is 13.7 Å². The van der Waals surface area contributed by atoms with Crippen molar-refractivity contribution in [3.63, 3.8) is 0 Å². The first-order valence-electron chi connectivity index (χ1n) is 7.34. The van der Waals surface area contributed by atoms with E-state index in [-0.39, 0.29) is 17.5 Å². The van der Waals surface area contributed by atoms with Crippen LogP contribution in [-0.2, 0) is 4.74 Å². The molecule has 1 fully saturated rings. The van der Waals surface area contributed by atoms with Crippen molar-refractivity contribution >= 4 is 15.9 Å². The van der Waals surface area contributed by atoms with Gasteiger partial charge in [0.2, 0.25) is 0 Å². The van der Waals surface area contributed by atoms with Gasteiger partial charge in [-0.25, -0.2) is 4.39 Å². The van der Waals surface area contributed by atoms with Crippen molar-refractivity contribution in [3.8, 4) is 0 Å². The predicted octanol–water partition coefficient (Wildman–Crippen LogP) is 4.59. The van der Waals surface area contributed by atoms with Crippen molar-refractivity contribution < 1.29 is 9.13 Å². The molecule has 0 amide bonds. The molecule has 0 spiro atoms. The molecule has 1 aliphatic rings. The zero-order chi connectivity index (χ0) is 14.6. The normalized spacial score (nSPS) is 18.6. The van der Waals surface area contributed by atoms with Gasteiger partial charge < -0.3 is 10.1 Å². The number of benzene rings is 1. The molecule has 0 aliphatic heterocycles. The number of hydrogen-bond donors (Lipinski definition) is 1. The smallest absolute Gasteiger partial charge is 0.142 e. The summed E-state index contributed by atoms with van der Waals surface area (Å²) < 4.78 is 20.6. The van der Waals surface area contributed by atoms with Crippen LogP contribution in [0.3, 0.4) is 0 Å². The highest BCUT2D eigenvalue weighted by Gasteiger charge is 2.39. The molecule has 1 unspecified atom stereocenters. The maximum Gasteiger partial charge on any atom is 0.142 e. The molecule has 112 valence electrons. The number of ether oxygens (including phenoxy) is 1. The average Bonchev–Trinajstić information content (AvgIpc) is 2.41. The number of nitrogens with one attached hydrogen (secondary N) is 1. The molecule has 1 aromatic carbocycles. The monoisotopic (exact) mass is 343 g/mol. The minimum absolute atomic E-state index is 0.00713. The molecule has 2 nitrogen and oxygen atoms in total. The lowest BCUT2D eigenvalue weighted by Gasteiger charge is -2.43. The van der Waals surface area contributed by atoms with Gasteiger partial charge in [-0.05, 0) is 60.6 Å². The third kappa shape index (κ3) is 3.41. The molecule has 0 saturated heterocycles. The minimum atomic E-state index is -0.160. The third-order valence-electron chi connectivity index (χ3n) is 4.27. The van der Waals surface area contributed by atoms with Crippen molar-refractivity contribution in [1.29, 1.82) is 0 Å². The molecule has 1 saturated carbocycles. The quantitative estimate of drug-likeness (QED) is 0.781. The van der Waals surface area contributed by atoms with Crippen LogP contribution in [0, 0.1) is 5.82 Å². The van der Waals surface area contributed by atoms with Gasteiger partial charge in [-0.3, -0.25) is 0 Å². The fourth-order valence-corrected chi connectivity index (χ4v) is 3.22. The van der Waals surface area contributed by atoms with Crippen molar-refractivity contribution in [2.24, 2.45) is 0 Å². The second-order valence-electron chi connectivity index (χ2n) is 5.59. The number of halogens is 2. The van der Waals surface area contributed by atoms with E-state index in [4.69, 9.17) is 4.74 Å². The largest absolute Gasteiger partial charge is 0.378 e. The summed E-state index contributed by atoms with van der Waals surface area (Å²) in [6.45, 7) is 3.01. The second kappa shape index (κ2) is 7.01. The van der Waals surface area contributed by atoms with Crippen molar-refractivity contribution in [1.82, 2.24) is 5.32 Å². The standard InChI is InChI=1S/C16H23BrFNO/c1-3-10-19-14(11-16(20-2)8-5-9-16)12-6-4-7-13(17)15(12)18/h4,6-7,14,19H,3,5,8-11H2,1-2H3. The lowest BCUT2D eigenvalue weighted by atomic mass is 9.74. The predicted molar refractivity (Wildman–Crippen MR) is 83.3 cm³/mol. The number of rotatable bonds is 7. The van der Waals surface area contributed by atoms with E-state index in [0.717, 1.165) is 37.8 Å². The first kappa shape index (κ1) is 15.9. The van der Waals surface area contributed by atoms with E-state index in [9.17, 15) is 4.39 Å². The number of methoxy groups -OCH3 is 1. The van der Waals surface area contributed by atoms with E-state index in [1.807, 2.05) is 12.1 Å². The van der Waals surface area contributed by atoms with Crippen LogP contribution in [0.2, 0.25) is 0 Å². The lowest BCUT2D eigenvalue weighted by molar-refractivity contribution is -0.0839. The van der Waals surface area contributed by atoms with Crippen LogP contribution >= 0.6 is 15.9 Å².